The van der Waals surface area contributed by atoms with Gasteiger partial charge in [-0.25, -0.2) is 0 Å². The van der Waals surface area contributed by atoms with Crippen molar-refractivity contribution in [2.24, 2.45) is 0 Å². The van der Waals surface area contributed by atoms with Crippen LogP contribution in [0.15, 0.2) is 48.7 Å². The van der Waals surface area contributed by atoms with E-state index in [2.05, 4.69) is 16.4 Å². The van der Waals surface area contributed by atoms with Gasteiger partial charge in [0.05, 0.1) is 16.9 Å². The Morgan fingerprint density at radius 1 is 1.00 bits per heavy atom. The standard InChI is InChI=1S/C22H19N3O3/c1-13-11-14(2)21-17(12-13)18(9-10-23-21)24-22(28)15-3-5-16(6-4-15)25-19(26)7-8-20(25)27/h3-6,9-12H,7-8H2,1-2H3,(H,23,24,28). The zero-order valence-electron chi connectivity index (χ0n) is 15.7. The van der Waals surface area contributed by atoms with Gasteiger partial charge in [-0.3, -0.25) is 24.3 Å². The third-order valence-electron chi connectivity index (χ3n) is 4.87. The van der Waals surface area contributed by atoms with E-state index in [1.54, 1.807) is 36.5 Å². The minimum atomic E-state index is -0.266. The number of aromatic nitrogens is 1. The molecule has 4 rings (SSSR count). The first-order valence-corrected chi connectivity index (χ1v) is 9.07. The number of carbonyl (C=O) groups is 3. The number of carbonyl (C=O) groups excluding carboxylic acids is 3. The Labute approximate surface area is 162 Å². The summed E-state index contributed by atoms with van der Waals surface area (Å²) >= 11 is 0. The summed E-state index contributed by atoms with van der Waals surface area (Å²) in [4.78, 5) is 42.0. The second kappa shape index (κ2) is 6.88. The largest absolute Gasteiger partial charge is 0.321 e. The molecule has 3 aromatic rings. The van der Waals surface area contributed by atoms with Crippen LogP contribution in [0, 0.1) is 13.8 Å². The molecule has 0 radical (unpaired) electrons. The van der Waals surface area contributed by atoms with Crippen LogP contribution in [0.2, 0.25) is 0 Å². The molecule has 0 spiro atoms. The predicted octanol–water partition coefficient (Wildman–Crippen LogP) is 3.76. The minimum absolute atomic E-state index is 0.212. The smallest absolute Gasteiger partial charge is 0.255 e. The number of aryl methyl sites for hydroxylation is 2. The molecule has 1 N–H and O–H groups in total. The molecule has 6 nitrogen and oxygen atoms in total. The van der Waals surface area contributed by atoms with E-state index in [-0.39, 0.29) is 30.6 Å². The molecule has 1 aromatic heterocycles. The number of nitrogens with one attached hydrogen (secondary N) is 1. The zero-order valence-corrected chi connectivity index (χ0v) is 15.7. The van der Waals surface area contributed by atoms with Gasteiger partial charge in [0.2, 0.25) is 11.8 Å². The van der Waals surface area contributed by atoms with Crippen LogP contribution in [-0.4, -0.2) is 22.7 Å². The number of benzene rings is 2. The summed E-state index contributed by atoms with van der Waals surface area (Å²) in [5.74, 6) is -0.690. The lowest BCUT2D eigenvalue weighted by atomic mass is 10.1. The van der Waals surface area contributed by atoms with Gasteiger partial charge in [0, 0.05) is 30.0 Å². The number of pyridine rings is 1. The van der Waals surface area contributed by atoms with Crippen LogP contribution in [0.1, 0.15) is 34.3 Å². The van der Waals surface area contributed by atoms with Crippen LogP contribution < -0.4 is 10.2 Å². The average molecular weight is 373 g/mol. The van der Waals surface area contributed by atoms with Crippen molar-refractivity contribution < 1.29 is 14.4 Å². The van der Waals surface area contributed by atoms with Crippen molar-refractivity contribution in [2.75, 3.05) is 10.2 Å². The average Bonchev–Trinajstić information content (AvgIpc) is 3.01. The number of anilines is 2. The maximum Gasteiger partial charge on any atom is 0.255 e. The fourth-order valence-corrected chi connectivity index (χ4v) is 3.54. The van der Waals surface area contributed by atoms with Gasteiger partial charge in [0.1, 0.15) is 0 Å². The summed E-state index contributed by atoms with van der Waals surface area (Å²) in [6, 6.07) is 12.3. The summed E-state index contributed by atoms with van der Waals surface area (Å²) in [6.45, 7) is 4.00. The maximum atomic E-state index is 12.7. The van der Waals surface area contributed by atoms with Gasteiger partial charge in [-0.1, -0.05) is 11.6 Å². The highest BCUT2D eigenvalue weighted by Crippen LogP contribution is 2.27. The second-order valence-electron chi connectivity index (χ2n) is 6.96. The van der Waals surface area contributed by atoms with Gasteiger partial charge in [-0.2, -0.15) is 0 Å². The maximum absolute atomic E-state index is 12.7. The molecule has 1 fully saturated rings. The SMILES string of the molecule is Cc1cc(C)c2nccc(NC(=O)c3ccc(N4C(=O)CCC4=O)cc3)c2c1. The van der Waals surface area contributed by atoms with Crippen LogP contribution in [-0.2, 0) is 9.59 Å². The van der Waals surface area contributed by atoms with Crippen molar-refractivity contribution in [3.63, 3.8) is 0 Å². The van der Waals surface area contributed by atoms with Gasteiger partial charge in [-0.05, 0) is 55.8 Å². The van der Waals surface area contributed by atoms with Crippen LogP contribution >= 0.6 is 0 Å². The van der Waals surface area contributed by atoms with E-state index in [0.29, 0.717) is 16.9 Å². The van der Waals surface area contributed by atoms with E-state index in [9.17, 15) is 14.4 Å². The number of amides is 3. The summed E-state index contributed by atoms with van der Waals surface area (Å²) in [7, 11) is 0. The van der Waals surface area contributed by atoms with Gasteiger partial charge in [0.25, 0.3) is 5.91 Å². The number of fused-ring (bicyclic) bond motifs is 1. The number of nitrogens with zero attached hydrogens (tertiary/aromatic N) is 2. The number of hydrogen-bond acceptors (Lipinski definition) is 4. The number of rotatable bonds is 3. The van der Waals surface area contributed by atoms with Crippen LogP contribution in [0.5, 0.6) is 0 Å². The molecule has 0 atom stereocenters. The Balaban J connectivity index is 1.60. The lowest BCUT2D eigenvalue weighted by Gasteiger charge is -2.14. The summed E-state index contributed by atoms with van der Waals surface area (Å²) in [5.41, 5.74) is 4.62. The molecule has 1 saturated heterocycles. The number of imide groups is 1. The normalized spacial score (nSPS) is 14.0. The van der Waals surface area contributed by atoms with Crippen molar-refractivity contribution in [3.05, 3.63) is 65.4 Å². The molecular weight excluding hydrogens is 354 g/mol. The van der Waals surface area contributed by atoms with Crippen LogP contribution in [0.4, 0.5) is 11.4 Å². The van der Waals surface area contributed by atoms with E-state index in [1.807, 2.05) is 19.9 Å². The third kappa shape index (κ3) is 3.13. The first-order chi connectivity index (χ1) is 13.4. The van der Waals surface area contributed by atoms with E-state index in [4.69, 9.17) is 0 Å². The van der Waals surface area contributed by atoms with Crippen molar-refractivity contribution in [1.82, 2.24) is 4.98 Å². The fourth-order valence-electron chi connectivity index (χ4n) is 3.54. The molecule has 0 aliphatic carbocycles. The predicted molar refractivity (Wildman–Crippen MR) is 107 cm³/mol. The summed E-state index contributed by atoms with van der Waals surface area (Å²) in [6.07, 6.45) is 2.14. The molecule has 1 aliphatic rings. The monoisotopic (exact) mass is 373 g/mol. The molecule has 0 saturated carbocycles. The summed E-state index contributed by atoms with van der Waals surface area (Å²) < 4.78 is 0. The highest BCUT2D eigenvalue weighted by atomic mass is 16.2. The first kappa shape index (κ1) is 17.9. The van der Waals surface area contributed by atoms with Crippen molar-refractivity contribution in [3.8, 4) is 0 Å². The van der Waals surface area contributed by atoms with Crippen LogP contribution in [0.25, 0.3) is 10.9 Å². The van der Waals surface area contributed by atoms with Crippen molar-refractivity contribution in [2.45, 2.75) is 26.7 Å². The summed E-state index contributed by atoms with van der Waals surface area (Å²) in [5, 5.41) is 3.82. The molecule has 28 heavy (non-hydrogen) atoms. The highest BCUT2D eigenvalue weighted by Gasteiger charge is 2.30. The highest BCUT2D eigenvalue weighted by molar-refractivity contribution is 6.20. The molecule has 2 heterocycles. The molecule has 2 aromatic carbocycles. The van der Waals surface area contributed by atoms with Crippen molar-refractivity contribution in [1.29, 1.82) is 0 Å². The van der Waals surface area contributed by atoms with Gasteiger partial charge < -0.3 is 5.32 Å². The first-order valence-electron chi connectivity index (χ1n) is 9.07. The van der Waals surface area contributed by atoms with E-state index in [1.165, 1.54) is 4.90 Å². The van der Waals surface area contributed by atoms with Gasteiger partial charge in [-0.15, -0.1) is 0 Å². The third-order valence-corrected chi connectivity index (χ3v) is 4.87. The lowest BCUT2D eigenvalue weighted by molar-refractivity contribution is -0.121. The Hall–Kier alpha value is -3.54. The van der Waals surface area contributed by atoms with E-state index < -0.39 is 0 Å². The topological polar surface area (TPSA) is 79.4 Å². The number of hydrogen-bond donors (Lipinski definition) is 1. The van der Waals surface area contributed by atoms with Gasteiger partial charge in [0.15, 0.2) is 0 Å². The van der Waals surface area contributed by atoms with E-state index in [0.717, 1.165) is 22.0 Å². The molecule has 6 heteroatoms. The lowest BCUT2D eigenvalue weighted by Crippen LogP contribution is -2.28. The minimum Gasteiger partial charge on any atom is -0.321 e. The zero-order chi connectivity index (χ0) is 19.8. The molecule has 3 amide bonds. The quantitative estimate of drug-likeness (QED) is 0.709. The Bertz CT molecular complexity index is 1100. The van der Waals surface area contributed by atoms with Crippen molar-refractivity contribution >= 4 is 40.0 Å². The van der Waals surface area contributed by atoms with E-state index >= 15 is 0 Å². The van der Waals surface area contributed by atoms with Crippen LogP contribution in [0.3, 0.4) is 0 Å². The molecule has 140 valence electrons. The molecular formula is C22H19N3O3. The Morgan fingerprint density at radius 2 is 1.68 bits per heavy atom. The second-order valence-corrected chi connectivity index (χ2v) is 6.96. The fraction of sp³-hybridized carbons (Fsp3) is 0.182. The Kier molecular flexibility index (Phi) is 4.39. The molecule has 1 aliphatic heterocycles. The van der Waals surface area contributed by atoms with Gasteiger partial charge >= 0.3 is 0 Å². The molecule has 0 bridgehead atoms. The molecule has 0 unspecified atom stereocenters. The Morgan fingerprint density at radius 3 is 2.36 bits per heavy atom.